The summed E-state index contributed by atoms with van der Waals surface area (Å²) in [5.41, 5.74) is 12.1. The van der Waals surface area contributed by atoms with Gasteiger partial charge in [0.15, 0.2) is 0 Å². The third kappa shape index (κ3) is 5.32. The van der Waals surface area contributed by atoms with Crippen LogP contribution >= 0.6 is 11.3 Å². The lowest BCUT2D eigenvalue weighted by Gasteiger charge is -2.28. The second-order valence-corrected chi connectivity index (χ2v) is 15.1. The summed E-state index contributed by atoms with van der Waals surface area (Å²) < 4.78 is 9.36. The number of furan rings is 1. The van der Waals surface area contributed by atoms with Crippen molar-refractivity contribution in [2.75, 3.05) is 4.90 Å². The smallest absolute Gasteiger partial charge is 0.143 e. The summed E-state index contributed by atoms with van der Waals surface area (Å²) >= 11 is 1.87. The van der Waals surface area contributed by atoms with E-state index >= 15 is 0 Å². The molecule has 0 bridgehead atoms. The quantitative estimate of drug-likeness (QED) is 0.170. The monoisotopic (exact) mass is 719 g/mol. The van der Waals surface area contributed by atoms with E-state index in [9.17, 15) is 0 Å². The topological polar surface area (TPSA) is 16.4 Å². The van der Waals surface area contributed by atoms with Crippen molar-refractivity contribution in [1.82, 2.24) is 0 Å². The van der Waals surface area contributed by atoms with Crippen LogP contribution in [0.25, 0.3) is 86.3 Å². The lowest BCUT2D eigenvalue weighted by molar-refractivity contribution is 0.672. The lowest BCUT2D eigenvalue weighted by Crippen LogP contribution is -2.10. The van der Waals surface area contributed by atoms with Crippen LogP contribution in [0.15, 0.2) is 205 Å². The van der Waals surface area contributed by atoms with Gasteiger partial charge < -0.3 is 9.32 Å². The molecule has 0 radical (unpaired) electrons. The van der Waals surface area contributed by atoms with Crippen molar-refractivity contribution < 1.29 is 4.42 Å². The minimum Gasteiger partial charge on any atom is -0.455 e. The van der Waals surface area contributed by atoms with Crippen LogP contribution in [0.1, 0.15) is 0 Å². The van der Waals surface area contributed by atoms with Crippen molar-refractivity contribution in [3.05, 3.63) is 200 Å². The summed E-state index contributed by atoms with van der Waals surface area (Å²) in [6, 6.07) is 72.2. The standard InChI is InChI=1S/C52H33NOS/c1-3-13-34(14-4-1)38-31-39(35-15-5-2-6-16-35)33-41(32-38)53(47-22-12-23-48-50(47)46-30-27-36-17-7-8-18-42(36)51(46)54-48)40-28-25-37(26-29-40)43-20-11-21-45-44-19-9-10-24-49(44)55-52(43)45/h1-33H. The van der Waals surface area contributed by atoms with Crippen molar-refractivity contribution in [3.63, 3.8) is 0 Å². The van der Waals surface area contributed by atoms with Gasteiger partial charge in [-0.15, -0.1) is 11.3 Å². The molecule has 258 valence electrons. The van der Waals surface area contributed by atoms with Crippen molar-refractivity contribution in [3.8, 4) is 33.4 Å². The third-order valence-electron chi connectivity index (χ3n) is 10.8. The van der Waals surface area contributed by atoms with Crippen LogP contribution < -0.4 is 4.90 Å². The number of hydrogen-bond acceptors (Lipinski definition) is 3. The summed E-state index contributed by atoms with van der Waals surface area (Å²) in [4.78, 5) is 2.41. The van der Waals surface area contributed by atoms with Crippen LogP contribution in [-0.2, 0) is 0 Å². The van der Waals surface area contributed by atoms with Crippen LogP contribution in [0.3, 0.4) is 0 Å². The van der Waals surface area contributed by atoms with E-state index in [1.165, 1.54) is 47.8 Å². The molecule has 11 rings (SSSR count). The highest BCUT2D eigenvalue weighted by atomic mass is 32.1. The molecule has 0 N–H and O–H groups in total. The lowest BCUT2D eigenvalue weighted by atomic mass is 9.96. The first-order valence-corrected chi connectivity index (χ1v) is 19.5. The van der Waals surface area contributed by atoms with Gasteiger partial charge in [0.2, 0.25) is 0 Å². The highest BCUT2D eigenvalue weighted by Crippen LogP contribution is 2.47. The van der Waals surface area contributed by atoms with Crippen LogP contribution in [-0.4, -0.2) is 0 Å². The van der Waals surface area contributed by atoms with Crippen molar-refractivity contribution in [2.24, 2.45) is 0 Å². The maximum absolute atomic E-state index is 6.73. The molecular formula is C52H33NOS. The molecule has 0 unspecified atom stereocenters. The second-order valence-electron chi connectivity index (χ2n) is 14.1. The van der Waals surface area contributed by atoms with E-state index in [0.29, 0.717) is 0 Å². The van der Waals surface area contributed by atoms with E-state index < -0.39 is 0 Å². The number of thiophene rings is 1. The van der Waals surface area contributed by atoms with Gasteiger partial charge in [0.25, 0.3) is 0 Å². The number of nitrogens with zero attached hydrogens (tertiary/aromatic N) is 1. The fourth-order valence-corrected chi connectivity index (χ4v) is 9.49. The largest absolute Gasteiger partial charge is 0.455 e. The fourth-order valence-electron chi connectivity index (χ4n) is 8.25. The molecule has 0 spiro atoms. The molecule has 0 saturated carbocycles. The molecule has 2 aromatic heterocycles. The van der Waals surface area contributed by atoms with Gasteiger partial charge in [-0.2, -0.15) is 0 Å². The van der Waals surface area contributed by atoms with Crippen molar-refractivity contribution >= 4 is 81.3 Å². The van der Waals surface area contributed by atoms with Crippen molar-refractivity contribution in [1.29, 1.82) is 0 Å². The van der Waals surface area contributed by atoms with E-state index in [4.69, 9.17) is 4.42 Å². The molecule has 2 nitrogen and oxygen atoms in total. The van der Waals surface area contributed by atoms with E-state index in [-0.39, 0.29) is 0 Å². The molecule has 0 aliphatic rings. The Hall–Kier alpha value is -6.94. The van der Waals surface area contributed by atoms with Crippen molar-refractivity contribution in [2.45, 2.75) is 0 Å². The fraction of sp³-hybridized carbons (Fsp3) is 0. The SMILES string of the molecule is c1ccc(-c2cc(-c3ccccc3)cc(N(c3ccc(-c4cccc5c4sc4ccccc45)cc3)c3cccc4oc5c6ccccc6ccc5c34)c2)cc1. The minimum atomic E-state index is 0.865. The Morgan fingerprint density at radius 2 is 1.05 bits per heavy atom. The number of fused-ring (bicyclic) bond motifs is 8. The first-order valence-electron chi connectivity index (χ1n) is 18.7. The van der Waals surface area contributed by atoms with Crippen LogP contribution in [0.2, 0.25) is 0 Å². The highest BCUT2D eigenvalue weighted by Gasteiger charge is 2.22. The molecule has 0 aliphatic carbocycles. The Balaban J connectivity index is 1.16. The van der Waals surface area contributed by atoms with E-state index in [1.807, 2.05) is 11.3 Å². The molecule has 2 heterocycles. The third-order valence-corrected chi connectivity index (χ3v) is 12.1. The maximum atomic E-state index is 6.73. The first kappa shape index (κ1) is 31.6. The zero-order valence-electron chi connectivity index (χ0n) is 29.8. The van der Waals surface area contributed by atoms with Gasteiger partial charge in [0, 0.05) is 42.3 Å². The zero-order valence-corrected chi connectivity index (χ0v) is 30.6. The first-order chi connectivity index (χ1) is 27.3. The predicted molar refractivity (Wildman–Crippen MR) is 235 cm³/mol. The molecule has 0 amide bonds. The second kappa shape index (κ2) is 12.9. The molecule has 0 saturated heterocycles. The van der Waals surface area contributed by atoms with Crippen LogP contribution in [0.5, 0.6) is 0 Å². The van der Waals surface area contributed by atoms with E-state index in [2.05, 4.69) is 205 Å². The summed E-state index contributed by atoms with van der Waals surface area (Å²) in [5.74, 6) is 0. The van der Waals surface area contributed by atoms with Gasteiger partial charge in [-0.05, 0) is 93.4 Å². The van der Waals surface area contributed by atoms with Crippen LogP contribution in [0, 0.1) is 0 Å². The zero-order chi connectivity index (χ0) is 36.3. The predicted octanol–water partition coefficient (Wildman–Crippen LogP) is 15.6. The number of benzene rings is 9. The van der Waals surface area contributed by atoms with Gasteiger partial charge >= 0.3 is 0 Å². The van der Waals surface area contributed by atoms with Gasteiger partial charge in [0.05, 0.1) is 11.1 Å². The molecule has 0 aliphatic heterocycles. The van der Waals surface area contributed by atoms with Crippen LogP contribution in [0.4, 0.5) is 17.1 Å². The summed E-state index contributed by atoms with van der Waals surface area (Å²) in [6.45, 7) is 0. The molecule has 0 atom stereocenters. The minimum absolute atomic E-state index is 0.865. The Labute approximate surface area is 322 Å². The summed E-state index contributed by atoms with van der Waals surface area (Å²) in [7, 11) is 0. The molecule has 9 aromatic carbocycles. The normalized spacial score (nSPS) is 11.6. The van der Waals surface area contributed by atoms with Gasteiger partial charge in [-0.25, -0.2) is 0 Å². The Morgan fingerprint density at radius 1 is 0.400 bits per heavy atom. The average molecular weight is 720 g/mol. The van der Waals surface area contributed by atoms with E-state index in [0.717, 1.165) is 55.5 Å². The Kier molecular flexibility index (Phi) is 7.39. The number of hydrogen-bond donors (Lipinski definition) is 0. The average Bonchev–Trinajstić information content (AvgIpc) is 3.84. The Morgan fingerprint density at radius 3 is 1.82 bits per heavy atom. The molecule has 0 fully saturated rings. The summed E-state index contributed by atoms with van der Waals surface area (Å²) in [6.07, 6.45) is 0. The number of anilines is 3. The van der Waals surface area contributed by atoms with E-state index in [1.54, 1.807) is 0 Å². The molecule has 55 heavy (non-hydrogen) atoms. The van der Waals surface area contributed by atoms with Gasteiger partial charge in [0.1, 0.15) is 11.2 Å². The van der Waals surface area contributed by atoms with Gasteiger partial charge in [-0.1, -0.05) is 146 Å². The maximum Gasteiger partial charge on any atom is 0.143 e. The van der Waals surface area contributed by atoms with Gasteiger partial charge in [-0.3, -0.25) is 0 Å². The highest BCUT2D eigenvalue weighted by molar-refractivity contribution is 7.26. The summed E-state index contributed by atoms with van der Waals surface area (Å²) in [5, 5.41) is 7.10. The molecule has 3 heteroatoms. The molecule has 11 aromatic rings. The Bertz CT molecular complexity index is 3140. The molecular weight excluding hydrogens is 687 g/mol. The number of rotatable bonds is 6.